The Kier molecular flexibility index (Phi) is 6.60. The monoisotopic (exact) mass is 647 g/mol. The molecule has 8 aromatic rings. The van der Waals surface area contributed by atoms with Crippen molar-refractivity contribution in [2.24, 2.45) is 0 Å². The summed E-state index contributed by atoms with van der Waals surface area (Å²) in [4.78, 5) is 15.2. The lowest BCUT2D eigenvalue weighted by Gasteiger charge is -2.37. The van der Waals surface area contributed by atoms with Crippen molar-refractivity contribution in [3.05, 3.63) is 151 Å². The number of nitrogens with zero attached hydrogens (tertiary/aromatic N) is 3. The SMILES string of the molecule is c1ccc(-c2nc(-c3ccccc3)nc(-c3cccc4c3sc3c(-c5cccc6c5C5(CCCCC5)c5ccccc5-6)cccc34)n2)cc1. The molecule has 2 aliphatic carbocycles. The van der Waals surface area contributed by atoms with Gasteiger partial charge in [0.15, 0.2) is 17.5 Å². The van der Waals surface area contributed by atoms with Crippen molar-refractivity contribution in [2.45, 2.75) is 37.5 Å². The lowest BCUT2D eigenvalue weighted by Crippen LogP contribution is -2.28. The van der Waals surface area contributed by atoms with Gasteiger partial charge < -0.3 is 0 Å². The molecule has 0 atom stereocenters. The zero-order valence-corrected chi connectivity index (χ0v) is 27.9. The Morgan fingerprint density at radius 1 is 0.408 bits per heavy atom. The van der Waals surface area contributed by atoms with Crippen molar-refractivity contribution >= 4 is 31.5 Å². The molecular weight excluding hydrogens is 615 g/mol. The first-order valence-electron chi connectivity index (χ1n) is 17.3. The third kappa shape index (κ3) is 4.44. The Hall–Kier alpha value is -5.45. The average molecular weight is 648 g/mol. The molecule has 2 aromatic heterocycles. The standard InChI is InChI=1S/C45H33N3S/c1-4-15-29(16-5-1)42-46-43(30-17-6-2-7-18-30)48-44(47-42)37-25-14-24-36-35-23-13-22-34(40(35)49-41(36)37)33-21-12-20-32-31-19-8-9-26-38(31)45(39(32)33)27-10-3-11-28-45/h1-2,4-9,12-26H,3,10-11,27-28H2. The van der Waals surface area contributed by atoms with Crippen LogP contribution >= 0.6 is 11.3 Å². The summed E-state index contributed by atoms with van der Waals surface area (Å²) in [6.07, 6.45) is 6.31. The fraction of sp³-hybridized carbons (Fsp3) is 0.133. The van der Waals surface area contributed by atoms with E-state index < -0.39 is 0 Å². The molecule has 0 unspecified atom stereocenters. The molecule has 0 aliphatic heterocycles. The van der Waals surface area contributed by atoms with E-state index in [0.29, 0.717) is 17.5 Å². The Bertz CT molecular complexity index is 2470. The number of hydrogen-bond acceptors (Lipinski definition) is 4. The van der Waals surface area contributed by atoms with Gasteiger partial charge in [0.2, 0.25) is 0 Å². The number of benzene rings is 6. The van der Waals surface area contributed by atoms with Crippen molar-refractivity contribution in [1.29, 1.82) is 0 Å². The summed E-state index contributed by atoms with van der Waals surface area (Å²) >= 11 is 1.87. The molecule has 4 heteroatoms. The van der Waals surface area contributed by atoms with Crippen LogP contribution in [0.5, 0.6) is 0 Å². The van der Waals surface area contributed by atoms with Gasteiger partial charge in [-0.2, -0.15) is 0 Å². The van der Waals surface area contributed by atoms with Crippen LogP contribution in [0.25, 0.3) is 76.6 Å². The van der Waals surface area contributed by atoms with Gasteiger partial charge >= 0.3 is 0 Å². The van der Waals surface area contributed by atoms with Gasteiger partial charge in [-0.3, -0.25) is 0 Å². The Morgan fingerprint density at radius 3 is 1.57 bits per heavy atom. The first kappa shape index (κ1) is 28.6. The second-order valence-corrected chi connectivity index (χ2v) is 14.4. The van der Waals surface area contributed by atoms with Crippen LogP contribution in [0.1, 0.15) is 43.2 Å². The van der Waals surface area contributed by atoms with Crippen molar-refractivity contribution in [1.82, 2.24) is 15.0 Å². The van der Waals surface area contributed by atoms with Gasteiger partial charge in [-0.1, -0.05) is 153 Å². The van der Waals surface area contributed by atoms with Crippen molar-refractivity contribution in [3.63, 3.8) is 0 Å². The van der Waals surface area contributed by atoms with Crippen LogP contribution in [0.2, 0.25) is 0 Å². The number of aromatic nitrogens is 3. The van der Waals surface area contributed by atoms with E-state index in [9.17, 15) is 0 Å². The Balaban J connectivity index is 1.20. The highest BCUT2D eigenvalue weighted by Gasteiger charge is 2.45. The van der Waals surface area contributed by atoms with E-state index in [-0.39, 0.29) is 5.41 Å². The summed E-state index contributed by atoms with van der Waals surface area (Å²) in [5, 5.41) is 2.52. The van der Waals surface area contributed by atoms with Crippen LogP contribution < -0.4 is 0 Å². The topological polar surface area (TPSA) is 38.7 Å². The van der Waals surface area contributed by atoms with Gasteiger partial charge in [0.05, 0.1) is 0 Å². The van der Waals surface area contributed by atoms with E-state index >= 15 is 0 Å². The first-order valence-corrected chi connectivity index (χ1v) is 18.2. The highest BCUT2D eigenvalue weighted by Crippen LogP contribution is 2.59. The second-order valence-electron chi connectivity index (χ2n) is 13.4. The molecule has 49 heavy (non-hydrogen) atoms. The number of fused-ring (bicyclic) bond motifs is 8. The quantitative estimate of drug-likeness (QED) is 0.191. The molecule has 1 saturated carbocycles. The van der Waals surface area contributed by atoms with E-state index in [4.69, 9.17) is 15.0 Å². The summed E-state index contributed by atoms with van der Waals surface area (Å²) in [5.74, 6) is 2.06. The molecule has 0 saturated heterocycles. The van der Waals surface area contributed by atoms with Gasteiger partial charge in [-0.15, -0.1) is 11.3 Å². The molecule has 1 fully saturated rings. The van der Waals surface area contributed by atoms with Crippen LogP contribution in [0, 0.1) is 0 Å². The summed E-state index contributed by atoms with van der Waals surface area (Å²) in [5.41, 5.74) is 11.7. The fourth-order valence-corrected chi connectivity index (χ4v) is 9.94. The van der Waals surface area contributed by atoms with Gasteiger partial charge in [0.1, 0.15) is 0 Å². The van der Waals surface area contributed by atoms with Gasteiger partial charge in [0.25, 0.3) is 0 Å². The van der Waals surface area contributed by atoms with E-state index in [2.05, 4.69) is 103 Å². The third-order valence-electron chi connectivity index (χ3n) is 10.7. The van der Waals surface area contributed by atoms with Gasteiger partial charge in [-0.25, -0.2) is 15.0 Å². The number of rotatable bonds is 4. The molecule has 234 valence electrons. The minimum absolute atomic E-state index is 0.0807. The minimum atomic E-state index is 0.0807. The van der Waals surface area contributed by atoms with E-state index in [1.807, 2.05) is 47.7 Å². The molecule has 0 bridgehead atoms. The second kappa shape index (κ2) is 11.3. The number of thiophene rings is 1. The summed E-state index contributed by atoms with van der Waals surface area (Å²) in [6.45, 7) is 0. The van der Waals surface area contributed by atoms with Gasteiger partial charge in [0, 0.05) is 42.3 Å². The third-order valence-corrected chi connectivity index (χ3v) is 12.0. The highest BCUT2D eigenvalue weighted by atomic mass is 32.1. The zero-order chi connectivity index (χ0) is 32.4. The molecule has 1 spiro atoms. The Morgan fingerprint density at radius 2 is 0.898 bits per heavy atom. The Labute approximate surface area is 290 Å². The maximum atomic E-state index is 5.11. The van der Waals surface area contributed by atoms with Crippen LogP contribution in [-0.2, 0) is 5.41 Å². The number of hydrogen-bond donors (Lipinski definition) is 0. The summed E-state index contributed by atoms with van der Waals surface area (Å²) in [6, 6.07) is 50.1. The predicted octanol–water partition coefficient (Wildman–Crippen LogP) is 12.1. The average Bonchev–Trinajstić information content (AvgIpc) is 3.69. The van der Waals surface area contributed by atoms with E-state index in [1.54, 1.807) is 5.56 Å². The molecule has 10 rings (SSSR count). The van der Waals surface area contributed by atoms with Crippen LogP contribution in [-0.4, -0.2) is 15.0 Å². The predicted molar refractivity (Wildman–Crippen MR) is 204 cm³/mol. The van der Waals surface area contributed by atoms with Crippen LogP contribution in [0.3, 0.4) is 0 Å². The molecule has 3 nitrogen and oxygen atoms in total. The molecule has 2 aliphatic rings. The van der Waals surface area contributed by atoms with Crippen LogP contribution in [0.4, 0.5) is 0 Å². The normalized spacial score (nSPS) is 14.7. The fourth-order valence-electron chi connectivity index (χ4n) is 8.60. The van der Waals surface area contributed by atoms with Crippen molar-refractivity contribution in [2.75, 3.05) is 0 Å². The van der Waals surface area contributed by atoms with Gasteiger partial charge in [-0.05, 0) is 52.3 Å². The molecule has 2 heterocycles. The van der Waals surface area contributed by atoms with Crippen molar-refractivity contribution in [3.8, 4) is 56.4 Å². The summed E-state index contributed by atoms with van der Waals surface area (Å²) in [7, 11) is 0. The highest BCUT2D eigenvalue weighted by molar-refractivity contribution is 7.26. The zero-order valence-electron chi connectivity index (χ0n) is 27.1. The molecular formula is C45H33N3S. The molecule has 0 radical (unpaired) electrons. The maximum Gasteiger partial charge on any atom is 0.165 e. The maximum absolute atomic E-state index is 5.11. The van der Waals surface area contributed by atoms with E-state index in [1.165, 1.54) is 80.1 Å². The largest absolute Gasteiger partial charge is 0.208 e. The van der Waals surface area contributed by atoms with Crippen LogP contribution in [0.15, 0.2) is 140 Å². The summed E-state index contributed by atoms with van der Waals surface area (Å²) < 4.78 is 2.53. The lowest BCUT2D eigenvalue weighted by atomic mass is 9.66. The molecule has 0 N–H and O–H groups in total. The molecule has 6 aromatic carbocycles. The van der Waals surface area contributed by atoms with Crippen molar-refractivity contribution < 1.29 is 0 Å². The first-order chi connectivity index (χ1) is 24.3. The lowest BCUT2D eigenvalue weighted by molar-refractivity contribution is 0.353. The minimum Gasteiger partial charge on any atom is -0.208 e. The van der Waals surface area contributed by atoms with E-state index in [0.717, 1.165) is 16.7 Å². The smallest absolute Gasteiger partial charge is 0.165 e. The molecule has 0 amide bonds.